The van der Waals surface area contributed by atoms with Gasteiger partial charge in [0.2, 0.25) is 5.91 Å². The predicted molar refractivity (Wildman–Crippen MR) is 126 cm³/mol. The van der Waals surface area contributed by atoms with E-state index in [4.69, 9.17) is 10.3 Å². The Bertz CT molecular complexity index is 1250. The van der Waals surface area contributed by atoms with Gasteiger partial charge in [0, 0.05) is 29.2 Å². The van der Waals surface area contributed by atoms with Crippen molar-refractivity contribution in [3.8, 4) is 0 Å². The first-order chi connectivity index (χ1) is 16.4. The van der Waals surface area contributed by atoms with Crippen LogP contribution < -0.4 is 16.1 Å². The van der Waals surface area contributed by atoms with Crippen LogP contribution in [0, 0.1) is 0 Å². The number of carbonyl (C=O) groups excluding carboxylic acids is 2. The summed E-state index contributed by atoms with van der Waals surface area (Å²) in [5.41, 5.74) is 6.52. The van der Waals surface area contributed by atoms with Crippen molar-refractivity contribution in [2.75, 3.05) is 6.54 Å². The summed E-state index contributed by atoms with van der Waals surface area (Å²) in [5.74, 6) is -2.07. The van der Waals surface area contributed by atoms with Gasteiger partial charge in [0.05, 0.1) is 6.04 Å². The summed E-state index contributed by atoms with van der Waals surface area (Å²) < 4.78 is 0. The fourth-order valence-electron chi connectivity index (χ4n) is 4.40. The second kappa shape index (κ2) is 10.3. The van der Waals surface area contributed by atoms with E-state index in [1.807, 2.05) is 48.7 Å². The number of para-hydroxylation sites is 1. The summed E-state index contributed by atoms with van der Waals surface area (Å²) in [6, 6.07) is 13.0. The maximum absolute atomic E-state index is 12.9. The Kier molecular flexibility index (Phi) is 7.05. The van der Waals surface area contributed by atoms with Gasteiger partial charge < -0.3 is 15.4 Å². The van der Waals surface area contributed by atoms with Crippen molar-refractivity contribution in [2.45, 2.75) is 31.3 Å². The van der Waals surface area contributed by atoms with Gasteiger partial charge in [-0.25, -0.2) is 5.48 Å². The molecule has 0 saturated heterocycles. The zero-order chi connectivity index (χ0) is 24.1. The van der Waals surface area contributed by atoms with E-state index in [2.05, 4.69) is 15.6 Å². The van der Waals surface area contributed by atoms with Crippen LogP contribution in [-0.2, 0) is 27.2 Å². The molecule has 0 saturated carbocycles. The third-order valence-corrected chi connectivity index (χ3v) is 6.01. The number of aliphatic carboxylic acids is 1. The monoisotopic (exact) mass is 462 g/mol. The molecule has 2 amide bonds. The van der Waals surface area contributed by atoms with Gasteiger partial charge in [0.15, 0.2) is 0 Å². The molecule has 0 fully saturated rings. The lowest BCUT2D eigenvalue weighted by Gasteiger charge is -2.23. The first kappa shape index (κ1) is 23.2. The largest absolute Gasteiger partial charge is 0.480 e. The first-order valence-corrected chi connectivity index (χ1v) is 11.0. The number of aryl methyl sites for hydroxylation is 1. The third-order valence-electron chi connectivity index (χ3n) is 6.01. The number of amides is 2. The maximum Gasteiger partial charge on any atom is 0.322 e. The number of carboxylic acid groups (broad SMARTS) is 1. The van der Waals surface area contributed by atoms with Crippen molar-refractivity contribution in [3.05, 3.63) is 77.0 Å². The van der Waals surface area contributed by atoms with Crippen LogP contribution in [0.3, 0.4) is 0 Å². The van der Waals surface area contributed by atoms with Crippen LogP contribution in [0.4, 0.5) is 0 Å². The van der Waals surface area contributed by atoms with Gasteiger partial charge in [-0.05, 0) is 53.7 Å². The summed E-state index contributed by atoms with van der Waals surface area (Å²) >= 11 is 0. The molecule has 2 atom stereocenters. The minimum atomic E-state index is -1.10. The molecule has 1 aliphatic carbocycles. The molecule has 0 bridgehead atoms. The molecule has 176 valence electrons. The highest BCUT2D eigenvalue weighted by atomic mass is 16.5. The standard InChI is InChI=1S/C25H26N4O5/c30-23(29-34)10-6-15-5-8-19-16(11-15)7-9-21(19)28-22(25(33)27-14-24(31)32)12-17-13-26-20-4-2-1-3-18(17)20/h1-6,8,10-11,13,21-22,26,28,34H,7,9,12,14H2,(H,27,33)(H,29,30)(H,31,32). The van der Waals surface area contributed by atoms with E-state index >= 15 is 0 Å². The lowest BCUT2D eigenvalue weighted by molar-refractivity contribution is -0.138. The number of carboxylic acids is 1. The van der Waals surface area contributed by atoms with E-state index in [0.29, 0.717) is 6.42 Å². The first-order valence-electron chi connectivity index (χ1n) is 11.0. The molecule has 2 aromatic carbocycles. The smallest absolute Gasteiger partial charge is 0.322 e. The normalized spacial score (nSPS) is 15.9. The Hall–Kier alpha value is -3.95. The van der Waals surface area contributed by atoms with E-state index in [1.54, 1.807) is 11.6 Å². The number of aromatic amines is 1. The molecule has 1 heterocycles. The van der Waals surface area contributed by atoms with Gasteiger partial charge >= 0.3 is 5.97 Å². The summed E-state index contributed by atoms with van der Waals surface area (Å²) in [6.45, 7) is -0.441. The Morgan fingerprint density at radius 1 is 1.18 bits per heavy atom. The third kappa shape index (κ3) is 5.33. The molecule has 9 nitrogen and oxygen atoms in total. The van der Waals surface area contributed by atoms with Gasteiger partial charge in [0.1, 0.15) is 6.54 Å². The SMILES string of the molecule is O=C(O)CNC(=O)C(Cc1c[nH]c2ccccc12)NC1CCc2cc(C=CC(=O)NO)ccc21. The number of nitrogens with one attached hydrogen (secondary N) is 4. The van der Waals surface area contributed by atoms with Crippen molar-refractivity contribution in [2.24, 2.45) is 0 Å². The maximum atomic E-state index is 12.9. The van der Waals surface area contributed by atoms with Crippen LogP contribution >= 0.6 is 0 Å². The molecule has 4 rings (SSSR count). The van der Waals surface area contributed by atoms with E-state index < -0.39 is 24.5 Å². The van der Waals surface area contributed by atoms with Crippen molar-refractivity contribution >= 4 is 34.8 Å². The Balaban J connectivity index is 1.54. The summed E-state index contributed by atoms with van der Waals surface area (Å²) in [7, 11) is 0. The number of hydrogen-bond donors (Lipinski definition) is 6. The summed E-state index contributed by atoms with van der Waals surface area (Å²) in [6.07, 6.45) is 6.74. The van der Waals surface area contributed by atoms with Crippen LogP contribution in [0.5, 0.6) is 0 Å². The van der Waals surface area contributed by atoms with Gasteiger partial charge in [-0.3, -0.25) is 24.9 Å². The van der Waals surface area contributed by atoms with Gasteiger partial charge in [-0.15, -0.1) is 0 Å². The lowest BCUT2D eigenvalue weighted by atomic mass is 10.0. The molecular formula is C25H26N4O5. The zero-order valence-corrected chi connectivity index (χ0v) is 18.4. The zero-order valence-electron chi connectivity index (χ0n) is 18.4. The molecule has 0 spiro atoms. The molecule has 0 radical (unpaired) electrons. The number of hydrogen-bond acceptors (Lipinski definition) is 5. The molecule has 6 N–H and O–H groups in total. The van der Waals surface area contributed by atoms with E-state index in [-0.39, 0.29) is 11.9 Å². The van der Waals surface area contributed by atoms with Gasteiger partial charge in [-0.2, -0.15) is 0 Å². The molecular weight excluding hydrogens is 436 g/mol. The number of hydroxylamine groups is 1. The highest BCUT2D eigenvalue weighted by Gasteiger charge is 2.29. The fraction of sp³-hybridized carbons (Fsp3) is 0.240. The number of carbonyl (C=O) groups is 3. The molecule has 3 aromatic rings. The number of fused-ring (bicyclic) bond motifs is 2. The van der Waals surface area contributed by atoms with Crippen LogP contribution in [0.25, 0.3) is 17.0 Å². The van der Waals surface area contributed by atoms with Crippen LogP contribution in [-0.4, -0.2) is 45.7 Å². The van der Waals surface area contributed by atoms with Crippen LogP contribution in [0.15, 0.2) is 54.7 Å². The second-order valence-electron chi connectivity index (χ2n) is 8.25. The Morgan fingerprint density at radius 3 is 2.79 bits per heavy atom. The number of benzene rings is 2. The molecule has 1 aliphatic rings. The average molecular weight is 463 g/mol. The quantitative estimate of drug-likeness (QED) is 0.163. The van der Waals surface area contributed by atoms with Crippen molar-refractivity contribution in [1.82, 2.24) is 21.1 Å². The van der Waals surface area contributed by atoms with E-state index in [1.165, 1.54) is 6.08 Å². The second-order valence-corrected chi connectivity index (χ2v) is 8.25. The van der Waals surface area contributed by atoms with E-state index in [9.17, 15) is 14.4 Å². The van der Waals surface area contributed by atoms with Gasteiger partial charge in [-0.1, -0.05) is 36.4 Å². The predicted octanol–water partition coefficient (Wildman–Crippen LogP) is 2.08. The lowest BCUT2D eigenvalue weighted by Crippen LogP contribution is -2.47. The van der Waals surface area contributed by atoms with Crippen molar-refractivity contribution < 1.29 is 24.7 Å². The summed E-state index contributed by atoms with van der Waals surface area (Å²) in [5, 5.41) is 24.6. The Morgan fingerprint density at radius 2 is 2.00 bits per heavy atom. The van der Waals surface area contributed by atoms with Crippen molar-refractivity contribution in [1.29, 1.82) is 0 Å². The number of aromatic nitrogens is 1. The van der Waals surface area contributed by atoms with E-state index in [0.717, 1.165) is 46.0 Å². The molecule has 1 aromatic heterocycles. The fourth-order valence-corrected chi connectivity index (χ4v) is 4.40. The summed E-state index contributed by atoms with van der Waals surface area (Å²) in [4.78, 5) is 38.4. The van der Waals surface area contributed by atoms with Crippen LogP contribution in [0.1, 0.15) is 34.7 Å². The average Bonchev–Trinajstić information content (AvgIpc) is 3.44. The molecule has 0 aliphatic heterocycles. The topological polar surface area (TPSA) is 144 Å². The van der Waals surface area contributed by atoms with Gasteiger partial charge in [0.25, 0.3) is 5.91 Å². The highest BCUT2D eigenvalue weighted by molar-refractivity contribution is 5.91. The Labute approximate surface area is 195 Å². The number of H-pyrrole nitrogens is 1. The van der Waals surface area contributed by atoms with Crippen LogP contribution in [0.2, 0.25) is 0 Å². The highest BCUT2D eigenvalue weighted by Crippen LogP contribution is 2.33. The minimum Gasteiger partial charge on any atom is -0.480 e. The minimum absolute atomic E-state index is 0.0699. The van der Waals surface area contributed by atoms with Crippen molar-refractivity contribution in [3.63, 3.8) is 0 Å². The molecule has 9 heteroatoms. The molecule has 34 heavy (non-hydrogen) atoms. The number of rotatable bonds is 9. The molecule has 2 unspecified atom stereocenters.